The fourth-order valence-electron chi connectivity index (χ4n) is 2.94. The van der Waals surface area contributed by atoms with E-state index in [1.807, 2.05) is 0 Å². The second kappa shape index (κ2) is 8.61. The number of rotatable bonds is 6. The number of hydrogen-bond donors (Lipinski definition) is 2. The predicted molar refractivity (Wildman–Crippen MR) is 92.1 cm³/mol. The molecule has 1 aromatic heterocycles. The number of likely N-dealkylation sites (tertiary alicyclic amines) is 1. The van der Waals surface area contributed by atoms with E-state index in [9.17, 15) is 18.4 Å². The zero-order valence-corrected chi connectivity index (χ0v) is 14.6. The molecule has 2 amide bonds. The van der Waals surface area contributed by atoms with Crippen LogP contribution in [0, 0.1) is 17.6 Å². The summed E-state index contributed by atoms with van der Waals surface area (Å²) in [7, 11) is 0. The SMILES string of the molecule is O=C(COc1ccc(F)cc1F)NCC1CCN(C(=O)c2cn[nH]c2)CC1. The zero-order chi connectivity index (χ0) is 19.2. The van der Waals surface area contributed by atoms with Crippen LogP contribution in [0.1, 0.15) is 23.2 Å². The molecule has 2 heterocycles. The van der Waals surface area contributed by atoms with Gasteiger partial charge in [-0.25, -0.2) is 8.78 Å². The minimum Gasteiger partial charge on any atom is -0.481 e. The quantitative estimate of drug-likeness (QED) is 0.802. The summed E-state index contributed by atoms with van der Waals surface area (Å²) < 4.78 is 31.3. The number of ether oxygens (including phenoxy) is 1. The summed E-state index contributed by atoms with van der Waals surface area (Å²) in [5.41, 5.74) is 0.534. The van der Waals surface area contributed by atoms with Crippen molar-refractivity contribution in [2.24, 2.45) is 5.92 Å². The standard InChI is InChI=1S/C18H20F2N4O3/c19-14-1-2-16(15(20)7-14)27-11-17(25)21-8-12-3-5-24(6-4-12)18(26)13-9-22-23-10-13/h1-2,7,9-10,12H,3-6,8,11H2,(H,21,25)(H,22,23). The third-order valence-corrected chi connectivity index (χ3v) is 4.49. The number of nitrogens with zero attached hydrogens (tertiary/aromatic N) is 2. The van der Waals surface area contributed by atoms with Crippen LogP contribution in [0.4, 0.5) is 8.78 Å². The second-order valence-electron chi connectivity index (χ2n) is 6.39. The van der Waals surface area contributed by atoms with E-state index in [0.717, 1.165) is 25.0 Å². The Morgan fingerprint density at radius 3 is 2.74 bits per heavy atom. The normalized spacial score (nSPS) is 14.8. The zero-order valence-electron chi connectivity index (χ0n) is 14.6. The van der Waals surface area contributed by atoms with Crippen molar-refractivity contribution in [3.8, 4) is 5.75 Å². The van der Waals surface area contributed by atoms with Crippen LogP contribution in [0.5, 0.6) is 5.75 Å². The number of hydrogen-bond acceptors (Lipinski definition) is 4. The minimum absolute atomic E-state index is 0.0547. The molecule has 1 aliphatic heterocycles. The first kappa shape index (κ1) is 18.8. The minimum atomic E-state index is -0.850. The van der Waals surface area contributed by atoms with Gasteiger partial charge in [-0.3, -0.25) is 14.7 Å². The summed E-state index contributed by atoms with van der Waals surface area (Å²) in [4.78, 5) is 25.9. The highest BCUT2D eigenvalue weighted by Gasteiger charge is 2.24. The third kappa shape index (κ3) is 5.02. The molecule has 27 heavy (non-hydrogen) atoms. The van der Waals surface area contributed by atoms with Gasteiger partial charge in [-0.05, 0) is 30.9 Å². The van der Waals surface area contributed by atoms with Gasteiger partial charge in [-0.2, -0.15) is 5.10 Å². The van der Waals surface area contributed by atoms with E-state index >= 15 is 0 Å². The number of carbonyl (C=O) groups excluding carboxylic acids is 2. The van der Waals surface area contributed by atoms with Gasteiger partial charge in [0.15, 0.2) is 18.2 Å². The van der Waals surface area contributed by atoms with Crippen LogP contribution < -0.4 is 10.1 Å². The number of piperidine rings is 1. The number of amides is 2. The average molecular weight is 378 g/mol. The maximum atomic E-state index is 13.4. The number of halogens is 2. The third-order valence-electron chi connectivity index (χ3n) is 4.49. The maximum absolute atomic E-state index is 13.4. The van der Waals surface area contributed by atoms with E-state index in [2.05, 4.69) is 15.5 Å². The van der Waals surface area contributed by atoms with Crippen molar-refractivity contribution in [2.75, 3.05) is 26.2 Å². The van der Waals surface area contributed by atoms with Gasteiger partial charge in [0, 0.05) is 31.9 Å². The number of nitrogens with one attached hydrogen (secondary N) is 2. The Bertz CT molecular complexity index is 790. The lowest BCUT2D eigenvalue weighted by molar-refractivity contribution is -0.123. The molecule has 0 radical (unpaired) electrons. The molecule has 2 aromatic rings. The molecule has 3 rings (SSSR count). The van der Waals surface area contributed by atoms with Crippen molar-refractivity contribution >= 4 is 11.8 Å². The second-order valence-corrected chi connectivity index (χ2v) is 6.39. The number of H-pyrrole nitrogens is 1. The summed E-state index contributed by atoms with van der Waals surface area (Å²) in [5, 5.41) is 9.15. The highest BCUT2D eigenvalue weighted by atomic mass is 19.1. The van der Waals surface area contributed by atoms with E-state index in [1.165, 1.54) is 6.20 Å². The van der Waals surface area contributed by atoms with Crippen molar-refractivity contribution in [1.82, 2.24) is 20.4 Å². The molecule has 2 N–H and O–H groups in total. The van der Waals surface area contributed by atoms with Crippen LogP contribution in [0.15, 0.2) is 30.6 Å². The average Bonchev–Trinajstić information content (AvgIpc) is 3.20. The van der Waals surface area contributed by atoms with Crippen LogP contribution in [-0.2, 0) is 4.79 Å². The van der Waals surface area contributed by atoms with Crippen molar-refractivity contribution in [2.45, 2.75) is 12.8 Å². The van der Waals surface area contributed by atoms with Crippen LogP contribution in [-0.4, -0.2) is 53.2 Å². The lowest BCUT2D eigenvalue weighted by Gasteiger charge is -2.31. The van der Waals surface area contributed by atoms with Gasteiger partial charge in [0.05, 0.1) is 11.8 Å². The molecule has 1 aromatic carbocycles. The summed E-state index contributed by atoms with van der Waals surface area (Å²) in [6.07, 6.45) is 4.62. The fraction of sp³-hybridized carbons (Fsp3) is 0.389. The molecule has 1 saturated heterocycles. The summed E-state index contributed by atoms with van der Waals surface area (Å²) in [6, 6.07) is 2.91. The lowest BCUT2D eigenvalue weighted by atomic mass is 9.96. The van der Waals surface area contributed by atoms with E-state index < -0.39 is 11.6 Å². The van der Waals surface area contributed by atoms with E-state index in [4.69, 9.17) is 4.74 Å². The maximum Gasteiger partial charge on any atom is 0.257 e. The molecule has 9 heteroatoms. The topological polar surface area (TPSA) is 87.3 Å². The first-order valence-corrected chi connectivity index (χ1v) is 8.65. The molecule has 0 saturated carbocycles. The highest BCUT2D eigenvalue weighted by molar-refractivity contribution is 5.93. The van der Waals surface area contributed by atoms with E-state index in [0.29, 0.717) is 31.3 Å². The van der Waals surface area contributed by atoms with Gasteiger partial charge >= 0.3 is 0 Å². The molecule has 7 nitrogen and oxygen atoms in total. The summed E-state index contributed by atoms with van der Waals surface area (Å²) in [5.74, 6) is -1.90. The summed E-state index contributed by atoms with van der Waals surface area (Å²) in [6.45, 7) is 1.34. The van der Waals surface area contributed by atoms with Gasteiger partial charge in [-0.15, -0.1) is 0 Å². The molecule has 0 aliphatic carbocycles. The van der Waals surface area contributed by atoms with E-state index in [-0.39, 0.29) is 30.1 Å². The Hall–Kier alpha value is -2.97. The van der Waals surface area contributed by atoms with Crippen molar-refractivity contribution in [1.29, 1.82) is 0 Å². The van der Waals surface area contributed by atoms with E-state index in [1.54, 1.807) is 11.1 Å². The largest absolute Gasteiger partial charge is 0.481 e. The lowest BCUT2D eigenvalue weighted by Crippen LogP contribution is -2.42. The Morgan fingerprint density at radius 2 is 2.07 bits per heavy atom. The first-order valence-electron chi connectivity index (χ1n) is 8.65. The molecule has 0 unspecified atom stereocenters. The number of benzene rings is 1. The molecular formula is C18H20F2N4O3. The molecule has 144 valence electrons. The number of aromatic nitrogens is 2. The molecule has 0 bridgehead atoms. The molecular weight excluding hydrogens is 358 g/mol. The van der Waals surface area contributed by atoms with Gasteiger partial charge in [0.25, 0.3) is 11.8 Å². The van der Waals surface area contributed by atoms with Crippen molar-refractivity contribution < 1.29 is 23.1 Å². The smallest absolute Gasteiger partial charge is 0.257 e. The predicted octanol–water partition coefficient (Wildman–Crippen LogP) is 1.74. The van der Waals surface area contributed by atoms with Gasteiger partial charge in [0.1, 0.15) is 5.82 Å². The Kier molecular flexibility index (Phi) is 6.00. The monoisotopic (exact) mass is 378 g/mol. The molecule has 0 spiro atoms. The number of carbonyl (C=O) groups is 2. The molecule has 1 aliphatic rings. The number of aromatic amines is 1. The van der Waals surface area contributed by atoms with Crippen LogP contribution in [0.3, 0.4) is 0 Å². The molecule has 0 atom stereocenters. The van der Waals surface area contributed by atoms with Crippen molar-refractivity contribution in [3.63, 3.8) is 0 Å². The Morgan fingerprint density at radius 1 is 1.30 bits per heavy atom. The Labute approximate surface area is 154 Å². The fourth-order valence-corrected chi connectivity index (χ4v) is 2.94. The van der Waals surface area contributed by atoms with Crippen LogP contribution in [0.2, 0.25) is 0 Å². The van der Waals surface area contributed by atoms with Crippen molar-refractivity contribution in [3.05, 3.63) is 47.8 Å². The first-order chi connectivity index (χ1) is 13.0. The van der Waals surface area contributed by atoms with Crippen LogP contribution in [0.25, 0.3) is 0 Å². The summed E-state index contributed by atoms with van der Waals surface area (Å²) >= 11 is 0. The molecule has 1 fully saturated rings. The van der Waals surface area contributed by atoms with Gasteiger partial charge in [-0.1, -0.05) is 0 Å². The van der Waals surface area contributed by atoms with Crippen LogP contribution >= 0.6 is 0 Å². The van der Waals surface area contributed by atoms with Gasteiger partial charge in [0.2, 0.25) is 0 Å². The Balaban J connectivity index is 1.37. The van der Waals surface area contributed by atoms with Gasteiger partial charge < -0.3 is 15.0 Å². The highest BCUT2D eigenvalue weighted by Crippen LogP contribution is 2.19.